The summed E-state index contributed by atoms with van der Waals surface area (Å²) in [6, 6.07) is -5.06. The lowest BCUT2D eigenvalue weighted by Gasteiger charge is -2.25. The largest absolute Gasteiger partial charge is 0.481 e. The highest BCUT2D eigenvalue weighted by Crippen LogP contribution is 2.07. The van der Waals surface area contributed by atoms with Crippen LogP contribution in [0.1, 0.15) is 58.8 Å². The minimum atomic E-state index is -1.51. The van der Waals surface area contributed by atoms with Crippen LogP contribution in [0.25, 0.3) is 0 Å². The Labute approximate surface area is 220 Å². The molecule has 16 heteroatoms. The first-order valence-corrected chi connectivity index (χ1v) is 12.1. The molecule has 0 heterocycles. The molecule has 0 rings (SSSR count). The van der Waals surface area contributed by atoms with Gasteiger partial charge < -0.3 is 49.1 Å². The van der Waals surface area contributed by atoms with Gasteiger partial charge in [-0.3, -0.25) is 29.0 Å². The predicted molar refractivity (Wildman–Crippen MR) is 136 cm³/mol. The summed E-state index contributed by atoms with van der Waals surface area (Å²) in [6.07, 6.45) is -0.895. The van der Waals surface area contributed by atoms with Crippen molar-refractivity contribution in [2.24, 2.45) is 33.8 Å². The summed E-state index contributed by atoms with van der Waals surface area (Å²) in [5, 5.41) is 25.5. The van der Waals surface area contributed by atoms with Crippen molar-refractivity contribution in [1.82, 2.24) is 16.0 Å². The number of nitrogens with zero attached hydrogens (tertiary/aromatic N) is 1. The van der Waals surface area contributed by atoms with Gasteiger partial charge in [0, 0.05) is 19.4 Å². The molecular formula is C22H40N8O8. The average molecular weight is 545 g/mol. The molecule has 4 unspecified atom stereocenters. The molecule has 216 valence electrons. The van der Waals surface area contributed by atoms with Crippen LogP contribution in [-0.4, -0.2) is 82.5 Å². The quantitative estimate of drug-likeness (QED) is 0.0450. The number of aliphatic carboxylic acids is 2. The number of rotatable bonds is 19. The predicted octanol–water partition coefficient (Wildman–Crippen LogP) is -2.92. The van der Waals surface area contributed by atoms with Crippen LogP contribution in [-0.2, 0) is 28.8 Å². The monoisotopic (exact) mass is 544 g/mol. The van der Waals surface area contributed by atoms with Crippen molar-refractivity contribution in [2.45, 2.75) is 83.0 Å². The SMILES string of the molecule is CC(C)CC(N)C(=O)NC(CCCN=C(N)N)C(=O)NC(CCC(=O)O)C(=O)NC(CCC(N)=O)C(=O)O. The zero-order valence-corrected chi connectivity index (χ0v) is 21.6. The summed E-state index contributed by atoms with van der Waals surface area (Å²) < 4.78 is 0. The Morgan fingerprint density at radius 1 is 0.763 bits per heavy atom. The third-order valence-corrected chi connectivity index (χ3v) is 5.21. The number of aliphatic imine (C=N–C) groups is 1. The van der Waals surface area contributed by atoms with Crippen LogP contribution in [0.4, 0.5) is 0 Å². The first-order valence-electron chi connectivity index (χ1n) is 12.1. The van der Waals surface area contributed by atoms with Crippen molar-refractivity contribution in [3.05, 3.63) is 0 Å². The number of carboxylic acid groups (broad SMARTS) is 2. The molecule has 0 saturated carbocycles. The molecule has 0 fully saturated rings. The van der Waals surface area contributed by atoms with Gasteiger partial charge in [0.1, 0.15) is 18.1 Å². The zero-order valence-electron chi connectivity index (χ0n) is 21.6. The molecule has 0 bridgehead atoms. The highest BCUT2D eigenvalue weighted by molar-refractivity contribution is 5.94. The summed E-state index contributed by atoms with van der Waals surface area (Å²) in [5.41, 5.74) is 21.5. The Balaban J connectivity index is 5.70. The first-order chi connectivity index (χ1) is 17.6. The molecular weight excluding hydrogens is 504 g/mol. The molecule has 0 spiro atoms. The molecule has 0 aliphatic heterocycles. The van der Waals surface area contributed by atoms with Gasteiger partial charge in [-0.25, -0.2) is 4.79 Å². The fraction of sp³-hybridized carbons (Fsp3) is 0.682. The number of primary amides is 1. The van der Waals surface area contributed by atoms with E-state index in [1.807, 2.05) is 13.8 Å². The van der Waals surface area contributed by atoms with Crippen molar-refractivity contribution in [1.29, 1.82) is 0 Å². The number of hydrogen-bond donors (Lipinski definition) is 9. The normalized spacial score (nSPS) is 13.9. The lowest BCUT2D eigenvalue weighted by atomic mass is 10.0. The Morgan fingerprint density at radius 2 is 1.26 bits per heavy atom. The maximum absolute atomic E-state index is 13.1. The van der Waals surface area contributed by atoms with E-state index in [0.717, 1.165) is 0 Å². The minimum absolute atomic E-state index is 0.0480. The second-order valence-electron chi connectivity index (χ2n) is 9.14. The van der Waals surface area contributed by atoms with E-state index in [0.29, 0.717) is 6.42 Å². The van der Waals surface area contributed by atoms with E-state index >= 15 is 0 Å². The smallest absolute Gasteiger partial charge is 0.326 e. The van der Waals surface area contributed by atoms with Gasteiger partial charge in [0.2, 0.25) is 23.6 Å². The fourth-order valence-corrected chi connectivity index (χ4v) is 3.29. The fourth-order valence-electron chi connectivity index (χ4n) is 3.29. The number of carboxylic acids is 2. The highest BCUT2D eigenvalue weighted by atomic mass is 16.4. The van der Waals surface area contributed by atoms with Crippen LogP contribution in [0.15, 0.2) is 4.99 Å². The van der Waals surface area contributed by atoms with Crippen molar-refractivity contribution in [3.63, 3.8) is 0 Å². The standard InChI is InChI=1S/C22H40N8O8/c1-11(2)10-12(23)18(34)28-13(4-3-9-27-22(25)26)19(35)29-14(6-8-17(32)33)20(36)30-15(21(37)38)5-7-16(24)31/h11-15H,3-10,23H2,1-2H3,(H2,24,31)(H,28,34)(H,29,35)(H,30,36)(H,32,33)(H,37,38)(H4,25,26,27). The topological polar surface area (TPSA) is 295 Å². The number of carbonyl (C=O) groups excluding carboxylic acids is 4. The Kier molecular flexibility index (Phi) is 15.7. The molecule has 0 saturated heterocycles. The number of guanidine groups is 1. The van der Waals surface area contributed by atoms with Crippen LogP contribution in [0, 0.1) is 5.92 Å². The van der Waals surface area contributed by atoms with Crippen molar-refractivity contribution in [3.8, 4) is 0 Å². The molecule has 13 N–H and O–H groups in total. The third kappa shape index (κ3) is 15.2. The molecule has 0 aromatic rings. The minimum Gasteiger partial charge on any atom is -0.481 e. The number of amides is 4. The van der Waals surface area contributed by atoms with Crippen LogP contribution in [0.2, 0.25) is 0 Å². The lowest BCUT2D eigenvalue weighted by molar-refractivity contribution is -0.143. The molecule has 0 aliphatic rings. The van der Waals surface area contributed by atoms with E-state index in [9.17, 15) is 33.9 Å². The van der Waals surface area contributed by atoms with Gasteiger partial charge in [0.25, 0.3) is 0 Å². The van der Waals surface area contributed by atoms with Crippen LogP contribution < -0.4 is 38.9 Å². The van der Waals surface area contributed by atoms with Gasteiger partial charge in [-0.15, -0.1) is 0 Å². The maximum Gasteiger partial charge on any atom is 0.326 e. The molecule has 38 heavy (non-hydrogen) atoms. The summed E-state index contributed by atoms with van der Waals surface area (Å²) in [4.78, 5) is 75.9. The molecule has 0 aromatic heterocycles. The number of carbonyl (C=O) groups is 6. The van der Waals surface area contributed by atoms with Gasteiger partial charge in [-0.05, 0) is 38.0 Å². The third-order valence-electron chi connectivity index (χ3n) is 5.21. The van der Waals surface area contributed by atoms with Gasteiger partial charge in [0.05, 0.1) is 6.04 Å². The van der Waals surface area contributed by atoms with E-state index in [-0.39, 0.29) is 50.5 Å². The van der Waals surface area contributed by atoms with Gasteiger partial charge >= 0.3 is 11.9 Å². The van der Waals surface area contributed by atoms with E-state index in [2.05, 4.69) is 20.9 Å². The van der Waals surface area contributed by atoms with Crippen molar-refractivity contribution >= 4 is 41.5 Å². The van der Waals surface area contributed by atoms with Crippen LogP contribution in [0.5, 0.6) is 0 Å². The van der Waals surface area contributed by atoms with Crippen molar-refractivity contribution in [2.75, 3.05) is 6.54 Å². The van der Waals surface area contributed by atoms with Gasteiger partial charge in [0.15, 0.2) is 5.96 Å². The number of nitrogens with one attached hydrogen (secondary N) is 3. The Morgan fingerprint density at radius 3 is 1.74 bits per heavy atom. The van der Waals surface area contributed by atoms with Crippen LogP contribution in [0.3, 0.4) is 0 Å². The molecule has 0 aromatic carbocycles. The molecule has 0 radical (unpaired) electrons. The molecule has 16 nitrogen and oxygen atoms in total. The first kappa shape index (κ1) is 34.0. The highest BCUT2D eigenvalue weighted by Gasteiger charge is 2.30. The Hall–Kier alpha value is -3.95. The van der Waals surface area contributed by atoms with E-state index in [1.54, 1.807) is 0 Å². The molecule has 4 atom stereocenters. The second kappa shape index (κ2) is 17.5. The van der Waals surface area contributed by atoms with E-state index in [1.165, 1.54) is 0 Å². The maximum atomic E-state index is 13.1. The number of hydrogen-bond acceptors (Lipinski definition) is 8. The molecule has 0 aliphatic carbocycles. The van der Waals surface area contributed by atoms with Crippen LogP contribution >= 0.6 is 0 Å². The Bertz CT molecular complexity index is 875. The van der Waals surface area contributed by atoms with E-state index in [4.69, 9.17) is 28.0 Å². The molecule has 4 amide bonds. The van der Waals surface area contributed by atoms with Crippen molar-refractivity contribution < 1.29 is 39.0 Å². The van der Waals surface area contributed by atoms with Gasteiger partial charge in [-0.1, -0.05) is 13.8 Å². The summed E-state index contributed by atoms with van der Waals surface area (Å²) in [5.74, 6) is -5.97. The summed E-state index contributed by atoms with van der Waals surface area (Å²) in [7, 11) is 0. The summed E-state index contributed by atoms with van der Waals surface area (Å²) >= 11 is 0. The lowest BCUT2D eigenvalue weighted by Crippen LogP contribution is -2.57. The van der Waals surface area contributed by atoms with Gasteiger partial charge in [-0.2, -0.15) is 0 Å². The second-order valence-corrected chi connectivity index (χ2v) is 9.14. The number of nitrogens with two attached hydrogens (primary N) is 4. The zero-order chi connectivity index (χ0) is 29.4. The average Bonchev–Trinajstić information content (AvgIpc) is 2.79. The van der Waals surface area contributed by atoms with E-state index < -0.39 is 66.2 Å². The summed E-state index contributed by atoms with van der Waals surface area (Å²) in [6.45, 7) is 3.88.